The lowest BCUT2D eigenvalue weighted by Gasteiger charge is -2.10. The first kappa shape index (κ1) is 28.7. The second-order valence-corrected chi connectivity index (χ2v) is 11.7. The zero-order chi connectivity index (χ0) is 29.5. The van der Waals surface area contributed by atoms with Crippen LogP contribution in [-0.2, 0) is 26.1 Å². The fourth-order valence-corrected chi connectivity index (χ4v) is 5.77. The van der Waals surface area contributed by atoms with Gasteiger partial charge in [0.1, 0.15) is 11.3 Å². The number of anilines is 1. The summed E-state index contributed by atoms with van der Waals surface area (Å²) < 4.78 is 32.9. The number of rotatable bonds is 10. The molecule has 212 valence electrons. The lowest BCUT2D eigenvalue weighted by Crippen LogP contribution is -2.24. The zero-order valence-electron chi connectivity index (χ0n) is 22.1. The van der Waals surface area contributed by atoms with Crippen LogP contribution in [0.4, 0.5) is 5.13 Å². The molecule has 0 aliphatic carbocycles. The number of phenolic OH excluding ortho intramolecular Hbond substituents is 1. The number of benzene rings is 4. The van der Waals surface area contributed by atoms with Crippen molar-refractivity contribution in [2.24, 2.45) is 0 Å². The van der Waals surface area contributed by atoms with Crippen LogP contribution in [0.1, 0.15) is 15.9 Å². The number of carbonyl (C=O) groups excluding carboxylic acids is 2. The van der Waals surface area contributed by atoms with Gasteiger partial charge in [-0.3, -0.25) is 10.1 Å². The van der Waals surface area contributed by atoms with Crippen molar-refractivity contribution in [2.45, 2.75) is 11.4 Å². The maximum Gasteiger partial charge on any atom is 0.342 e. The van der Waals surface area contributed by atoms with Crippen LogP contribution >= 0.6 is 11.3 Å². The molecule has 0 aliphatic heterocycles. The van der Waals surface area contributed by atoms with E-state index in [-0.39, 0.29) is 17.0 Å². The number of esters is 1. The third-order valence-electron chi connectivity index (χ3n) is 6.18. The summed E-state index contributed by atoms with van der Waals surface area (Å²) in [5.41, 5.74) is 4.09. The number of ether oxygens (including phenoxy) is 1. The molecular weight excluding hydrogens is 574 g/mol. The summed E-state index contributed by atoms with van der Waals surface area (Å²) in [6.45, 7) is -0.621. The van der Waals surface area contributed by atoms with E-state index in [4.69, 9.17) is 4.74 Å². The van der Waals surface area contributed by atoms with Gasteiger partial charge in [0.2, 0.25) is 10.0 Å². The van der Waals surface area contributed by atoms with Crippen molar-refractivity contribution in [3.8, 4) is 28.1 Å². The second kappa shape index (κ2) is 12.8. The van der Waals surface area contributed by atoms with E-state index >= 15 is 0 Å². The first-order valence-electron chi connectivity index (χ1n) is 12.7. The topological polar surface area (TPSA) is 135 Å². The standard InChI is InChI=1S/C31H25N3O6S2/c35-28-16-15-25(42(38,39)32-18-21-7-3-1-4-8-21)17-26(28)30(37)40-19-29(36)34-31-33-27(20-41-31)24-13-11-23(12-14-24)22-9-5-2-6-10-22/h1-17,20,32,35H,18-19H2,(H,33,34,36). The number of nitrogens with zero attached hydrogens (tertiary/aromatic N) is 1. The van der Waals surface area contributed by atoms with Crippen LogP contribution in [0.15, 0.2) is 113 Å². The van der Waals surface area contributed by atoms with Gasteiger partial charge in [-0.2, -0.15) is 0 Å². The summed E-state index contributed by atoms with van der Waals surface area (Å²) in [6.07, 6.45) is 0. The van der Waals surface area contributed by atoms with Crippen molar-refractivity contribution in [3.63, 3.8) is 0 Å². The highest BCUT2D eigenvalue weighted by molar-refractivity contribution is 7.89. The highest BCUT2D eigenvalue weighted by atomic mass is 32.2. The van der Waals surface area contributed by atoms with E-state index in [1.54, 1.807) is 29.6 Å². The van der Waals surface area contributed by atoms with Crippen LogP contribution in [0.3, 0.4) is 0 Å². The Hall–Kier alpha value is -4.84. The van der Waals surface area contributed by atoms with Crippen molar-refractivity contribution in [3.05, 3.63) is 120 Å². The molecule has 0 saturated heterocycles. The molecule has 0 spiro atoms. The summed E-state index contributed by atoms with van der Waals surface area (Å²) in [7, 11) is -4.00. The molecule has 4 aromatic carbocycles. The molecule has 0 unspecified atom stereocenters. The monoisotopic (exact) mass is 599 g/mol. The Morgan fingerprint density at radius 1 is 0.833 bits per heavy atom. The van der Waals surface area contributed by atoms with Gasteiger partial charge >= 0.3 is 5.97 Å². The van der Waals surface area contributed by atoms with Gasteiger partial charge < -0.3 is 9.84 Å². The maximum absolute atomic E-state index is 12.7. The minimum atomic E-state index is -4.00. The smallest absolute Gasteiger partial charge is 0.342 e. The quantitative estimate of drug-likeness (QED) is 0.182. The average molecular weight is 600 g/mol. The summed E-state index contributed by atoms with van der Waals surface area (Å²) in [5.74, 6) is -2.18. The summed E-state index contributed by atoms with van der Waals surface area (Å²) in [4.78, 5) is 29.2. The van der Waals surface area contributed by atoms with Crippen LogP contribution in [0.2, 0.25) is 0 Å². The minimum Gasteiger partial charge on any atom is -0.507 e. The largest absolute Gasteiger partial charge is 0.507 e. The Kier molecular flexibility index (Phi) is 8.72. The van der Waals surface area contributed by atoms with E-state index in [2.05, 4.69) is 15.0 Å². The van der Waals surface area contributed by atoms with Gasteiger partial charge in [-0.1, -0.05) is 84.9 Å². The molecule has 9 nitrogen and oxygen atoms in total. The van der Waals surface area contributed by atoms with Crippen LogP contribution < -0.4 is 10.0 Å². The molecule has 11 heteroatoms. The van der Waals surface area contributed by atoms with Gasteiger partial charge in [-0.25, -0.2) is 22.9 Å². The SMILES string of the molecule is O=C(COC(=O)c1cc(S(=O)(=O)NCc2ccccc2)ccc1O)Nc1nc(-c2ccc(-c3ccccc3)cc2)cs1. The van der Waals surface area contributed by atoms with Crippen LogP contribution in [0.25, 0.3) is 22.4 Å². The number of nitrogens with one attached hydrogen (secondary N) is 2. The molecule has 5 aromatic rings. The Morgan fingerprint density at radius 3 is 2.19 bits per heavy atom. The predicted octanol–water partition coefficient (Wildman–Crippen LogP) is 5.46. The van der Waals surface area contributed by atoms with Gasteiger partial charge in [0.25, 0.3) is 5.91 Å². The molecule has 3 N–H and O–H groups in total. The summed E-state index contributed by atoms with van der Waals surface area (Å²) in [5, 5.41) is 14.8. The molecular formula is C31H25N3O6S2. The molecule has 1 amide bonds. The van der Waals surface area contributed by atoms with Crippen molar-refractivity contribution < 1.29 is 27.9 Å². The summed E-state index contributed by atoms with van der Waals surface area (Å²) in [6, 6.07) is 30.0. The Morgan fingerprint density at radius 2 is 1.48 bits per heavy atom. The van der Waals surface area contributed by atoms with Crippen molar-refractivity contribution in [1.82, 2.24) is 9.71 Å². The second-order valence-electron chi connectivity index (χ2n) is 9.09. The van der Waals surface area contributed by atoms with Gasteiger partial charge in [0.15, 0.2) is 11.7 Å². The number of hydrogen-bond donors (Lipinski definition) is 3. The lowest BCUT2D eigenvalue weighted by molar-refractivity contribution is -0.119. The Labute approximate surface area is 246 Å². The van der Waals surface area contributed by atoms with E-state index < -0.39 is 34.3 Å². The van der Waals surface area contributed by atoms with E-state index in [1.807, 2.05) is 60.7 Å². The van der Waals surface area contributed by atoms with Gasteiger partial charge in [0.05, 0.1) is 10.6 Å². The molecule has 42 heavy (non-hydrogen) atoms. The first-order valence-corrected chi connectivity index (χ1v) is 15.1. The Bertz CT molecular complexity index is 1810. The zero-order valence-corrected chi connectivity index (χ0v) is 23.7. The number of carbonyl (C=O) groups is 2. The molecule has 0 radical (unpaired) electrons. The number of phenols is 1. The summed E-state index contributed by atoms with van der Waals surface area (Å²) >= 11 is 1.22. The van der Waals surface area contributed by atoms with E-state index in [9.17, 15) is 23.1 Å². The average Bonchev–Trinajstić information content (AvgIpc) is 3.48. The lowest BCUT2D eigenvalue weighted by atomic mass is 10.0. The molecule has 1 heterocycles. The Balaban J connectivity index is 1.17. The molecule has 0 saturated carbocycles. The predicted molar refractivity (Wildman–Crippen MR) is 160 cm³/mol. The van der Waals surface area contributed by atoms with Gasteiger partial charge in [0, 0.05) is 17.5 Å². The van der Waals surface area contributed by atoms with Crippen LogP contribution in [0.5, 0.6) is 5.75 Å². The number of aromatic hydroxyl groups is 1. The van der Waals surface area contributed by atoms with Crippen LogP contribution in [-0.4, -0.2) is 37.0 Å². The third-order valence-corrected chi connectivity index (χ3v) is 8.34. The van der Waals surface area contributed by atoms with Crippen molar-refractivity contribution >= 4 is 38.4 Å². The molecule has 5 rings (SSSR count). The molecule has 0 bridgehead atoms. The number of amides is 1. The molecule has 1 aromatic heterocycles. The highest BCUT2D eigenvalue weighted by Gasteiger charge is 2.21. The fraction of sp³-hybridized carbons (Fsp3) is 0.0645. The molecule has 0 aliphatic rings. The van der Waals surface area contributed by atoms with Crippen molar-refractivity contribution in [1.29, 1.82) is 0 Å². The van der Waals surface area contributed by atoms with E-state index in [0.717, 1.165) is 34.4 Å². The van der Waals surface area contributed by atoms with E-state index in [0.29, 0.717) is 10.8 Å². The first-order chi connectivity index (χ1) is 20.3. The maximum atomic E-state index is 12.7. The fourth-order valence-electron chi connectivity index (χ4n) is 4.00. The highest BCUT2D eigenvalue weighted by Crippen LogP contribution is 2.28. The van der Waals surface area contributed by atoms with Crippen LogP contribution in [0, 0.1) is 0 Å². The molecule has 0 atom stereocenters. The minimum absolute atomic E-state index is 0.0431. The van der Waals surface area contributed by atoms with Gasteiger partial charge in [-0.05, 0) is 34.9 Å². The number of sulfonamides is 1. The number of thiazole rings is 1. The van der Waals surface area contributed by atoms with Gasteiger partial charge in [-0.15, -0.1) is 11.3 Å². The number of hydrogen-bond acceptors (Lipinski definition) is 8. The van der Waals surface area contributed by atoms with E-state index in [1.165, 1.54) is 17.4 Å². The molecule has 0 fully saturated rings. The normalized spacial score (nSPS) is 11.1. The third kappa shape index (κ3) is 7.07. The van der Waals surface area contributed by atoms with Crippen molar-refractivity contribution in [2.75, 3.05) is 11.9 Å². The number of aromatic nitrogens is 1.